The predicted molar refractivity (Wildman–Crippen MR) is 123 cm³/mol. The molecule has 0 saturated heterocycles. The molecule has 4 nitrogen and oxygen atoms in total. The number of unbranched alkanes of at least 4 members (excludes halogenated alkanes) is 1. The van der Waals surface area contributed by atoms with Gasteiger partial charge >= 0.3 is 0 Å². The van der Waals surface area contributed by atoms with Gasteiger partial charge in [0.1, 0.15) is 5.75 Å². The van der Waals surface area contributed by atoms with E-state index in [0.717, 1.165) is 33.8 Å². The monoisotopic (exact) mass is 489 g/mol. The summed E-state index contributed by atoms with van der Waals surface area (Å²) >= 11 is 2.27. The Morgan fingerprint density at radius 1 is 1.11 bits per heavy atom. The number of nitrogens with one attached hydrogen (secondary N) is 2. The second kappa shape index (κ2) is 10.6. The van der Waals surface area contributed by atoms with Crippen molar-refractivity contribution in [3.8, 4) is 17.0 Å². The number of hydrogen-bond acceptors (Lipinski definition) is 3. The van der Waals surface area contributed by atoms with E-state index in [0.29, 0.717) is 6.61 Å². The van der Waals surface area contributed by atoms with Gasteiger partial charge in [0.25, 0.3) is 0 Å². The second-order valence-electron chi connectivity index (χ2n) is 6.81. The van der Waals surface area contributed by atoms with Gasteiger partial charge < -0.3 is 15.0 Å². The van der Waals surface area contributed by atoms with E-state index in [1.165, 1.54) is 24.1 Å². The summed E-state index contributed by atoms with van der Waals surface area (Å²) in [6.07, 6.45) is 3.41. The molecule has 148 valence electrons. The average molecular weight is 489 g/mol. The summed E-state index contributed by atoms with van der Waals surface area (Å²) < 4.78 is 6.56. The van der Waals surface area contributed by atoms with Crippen LogP contribution in [0.4, 0.5) is 0 Å². The number of rotatable bonds is 10. The molecule has 0 aliphatic carbocycles. The summed E-state index contributed by atoms with van der Waals surface area (Å²) in [5, 5.41) is 3.75. The highest BCUT2D eigenvalue weighted by molar-refractivity contribution is 14.1. The number of benzene rings is 2. The fourth-order valence-electron chi connectivity index (χ4n) is 3.33. The Morgan fingerprint density at radius 3 is 2.68 bits per heavy atom. The van der Waals surface area contributed by atoms with E-state index in [1.54, 1.807) is 0 Å². The minimum absolute atomic E-state index is 0.224. The van der Waals surface area contributed by atoms with Crippen LogP contribution in [0.5, 0.6) is 5.75 Å². The van der Waals surface area contributed by atoms with Gasteiger partial charge in [-0.2, -0.15) is 0 Å². The number of imidazole rings is 1. The van der Waals surface area contributed by atoms with E-state index in [1.807, 2.05) is 19.1 Å². The molecule has 1 atom stereocenters. The highest BCUT2D eigenvalue weighted by Crippen LogP contribution is 2.30. The number of H-pyrrole nitrogens is 1. The van der Waals surface area contributed by atoms with Crippen molar-refractivity contribution >= 4 is 22.6 Å². The smallest absolute Gasteiger partial charge is 0.169 e. The zero-order valence-electron chi connectivity index (χ0n) is 16.5. The molecule has 0 radical (unpaired) electrons. The molecule has 0 fully saturated rings. The lowest BCUT2D eigenvalue weighted by Gasteiger charge is -2.19. The topological polar surface area (TPSA) is 49.9 Å². The molecule has 3 rings (SSSR count). The quantitative estimate of drug-likeness (QED) is 0.339. The zero-order valence-corrected chi connectivity index (χ0v) is 18.7. The van der Waals surface area contributed by atoms with Crippen LogP contribution >= 0.6 is 22.6 Å². The molecule has 1 unspecified atom stereocenters. The van der Waals surface area contributed by atoms with Crippen LogP contribution in [0.15, 0.2) is 54.6 Å². The number of halogens is 1. The summed E-state index contributed by atoms with van der Waals surface area (Å²) in [5.41, 5.74) is 4.59. The van der Waals surface area contributed by atoms with Crippen molar-refractivity contribution in [1.82, 2.24) is 15.3 Å². The average Bonchev–Trinajstić information content (AvgIpc) is 3.11. The Bertz CT molecular complexity index is 863. The third kappa shape index (κ3) is 5.58. The fraction of sp³-hybridized carbons (Fsp3) is 0.348. The maximum Gasteiger partial charge on any atom is 0.169 e. The van der Waals surface area contributed by atoms with Crippen molar-refractivity contribution in [2.24, 2.45) is 0 Å². The van der Waals surface area contributed by atoms with E-state index in [2.05, 4.69) is 82.3 Å². The first kappa shape index (κ1) is 20.9. The van der Waals surface area contributed by atoms with Crippen LogP contribution in [-0.4, -0.2) is 16.6 Å². The van der Waals surface area contributed by atoms with Gasteiger partial charge in [-0.1, -0.05) is 62.2 Å². The largest absolute Gasteiger partial charge is 0.494 e. The maximum absolute atomic E-state index is 5.64. The highest BCUT2D eigenvalue weighted by Gasteiger charge is 2.20. The lowest BCUT2D eigenvalue weighted by atomic mass is 10.0. The molecule has 1 aromatic heterocycles. The number of aromatic nitrogens is 2. The van der Waals surface area contributed by atoms with Crippen LogP contribution in [0.3, 0.4) is 0 Å². The first-order valence-electron chi connectivity index (χ1n) is 9.97. The minimum atomic E-state index is 0.224. The van der Waals surface area contributed by atoms with Gasteiger partial charge in [0, 0.05) is 18.2 Å². The van der Waals surface area contributed by atoms with E-state index >= 15 is 0 Å². The summed E-state index contributed by atoms with van der Waals surface area (Å²) in [7, 11) is 0. The summed E-state index contributed by atoms with van der Waals surface area (Å²) in [5.74, 6) is 0.924. The van der Waals surface area contributed by atoms with Crippen LogP contribution < -0.4 is 10.1 Å². The number of nitrogens with zero attached hydrogens (tertiary/aromatic N) is 1. The van der Waals surface area contributed by atoms with Crippen LogP contribution in [-0.2, 0) is 6.54 Å². The Labute approximate surface area is 181 Å². The van der Waals surface area contributed by atoms with Gasteiger partial charge in [-0.05, 0) is 53.6 Å². The second-order valence-corrected chi connectivity index (χ2v) is 7.83. The van der Waals surface area contributed by atoms with Crippen molar-refractivity contribution in [2.75, 3.05) is 6.61 Å². The third-order valence-electron chi connectivity index (χ3n) is 4.71. The van der Waals surface area contributed by atoms with Gasteiger partial charge in [-0.25, -0.2) is 4.98 Å². The molecule has 2 N–H and O–H groups in total. The molecule has 1 heterocycles. The van der Waals surface area contributed by atoms with Gasteiger partial charge in [-0.15, -0.1) is 0 Å². The lowest BCUT2D eigenvalue weighted by Crippen LogP contribution is -2.22. The molecule has 0 spiro atoms. The SMILES string of the molecule is CCCCC(NCc1cccc(OCC)c1)c1[nH]c(I)nc1-c1ccccc1. The van der Waals surface area contributed by atoms with Crippen LogP contribution in [0.25, 0.3) is 11.3 Å². The molecule has 0 saturated carbocycles. The van der Waals surface area contributed by atoms with Crippen molar-refractivity contribution in [3.05, 3.63) is 69.7 Å². The van der Waals surface area contributed by atoms with Crippen molar-refractivity contribution in [1.29, 1.82) is 0 Å². The van der Waals surface area contributed by atoms with Crippen LogP contribution in [0, 0.1) is 3.83 Å². The van der Waals surface area contributed by atoms with Gasteiger partial charge in [0.15, 0.2) is 3.83 Å². The molecule has 0 aliphatic heterocycles. The Kier molecular flexibility index (Phi) is 7.91. The Balaban J connectivity index is 1.82. The molecule has 3 aromatic rings. The minimum Gasteiger partial charge on any atom is -0.494 e. The van der Waals surface area contributed by atoms with E-state index in [4.69, 9.17) is 9.72 Å². The summed E-state index contributed by atoms with van der Waals surface area (Å²) in [6.45, 7) is 5.72. The zero-order chi connectivity index (χ0) is 19.8. The normalized spacial score (nSPS) is 12.1. The van der Waals surface area contributed by atoms with Gasteiger partial charge in [0.05, 0.1) is 18.0 Å². The van der Waals surface area contributed by atoms with E-state index in [-0.39, 0.29) is 6.04 Å². The molecule has 0 aliphatic rings. The molecule has 28 heavy (non-hydrogen) atoms. The predicted octanol–water partition coefficient (Wildman–Crippen LogP) is 6.10. The van der Waals surface area contributed by atoms with Crippen molar-refractivity contribution in [3.63, 3.8) is 0 Å². The molecular weight excluding hydrogens is 461 g/mol. The molecule has 5 heteroatoms. The van der Waals surface area contributed by atoms with Gasteiger partial charge in [0.2, 0.25) is 0 Å². The summed E-state index contributed by atoms with van der Waals surface area (Å²) in [6, 6.07) is 19.0. The fourth-order valence-corrected chi connectivity index (χ4v) is 3.87. The molecule has 2 aromatic carbocycles. The maximum atomic E-state index is 5.64. The molecule has 0 amide bonds. The van der Waals surface area contributed by atoms with Crippen LogP contribution in [0.2, 0.25) is 0 Å². The number of hydrogen-bond donors (Lipinski definition) is 2. The number of aromatic amines is 1. The van der Waals surface area contributed by atoms with E-state index < -0.39 is 0 Å². The Morgan fingerprint density at radius 2 is 1.93 bits per heavy atom. The molecular formula is C23H28IN3O. The standard InChI is InChI=1S/C23H28IN3O/c1-3-5-14-20(25-16-17-10-9-13-19(15-17)28-4-2)22-21(26-23(24)27-22)18-11-7-6-8-12-18/h6-13,15,20,25H,3-5,14,16H2,1-2H3,(H,26,27). The lowest BCUT2D eigenvalue weighted by molar-refractivity contribution is 0.339. The van der Waals surface area contributed by atoms with Crippen molar-refractivity contribution in [2.45, 2.75) is 45.7 Å². The summed E-state index contributed by atoms with van der Waals surface area (Å²) in [4.78, 5) is 8.28. The number of ether oxygens (including phenoxy) is 1. The third-order valence-corrected chi connectivity index (χ3v) is 5.22. The van der Waals surface area contributed by atoms with Crippen molar-refractivity contribution < 1.29 is 4.74 Å². The van der Waals surface area contributed by atoms with Crippen LogP contribution in [0.1, 0.15) is 50.4 Å². The van der Waals surface area contributed by atoms with E-state index in [9.17, 15) is 0 Å². The highest BCUT2D eigenvalue weighted by atomic mass is 127. The first-order valence-corrected chi connectivity index (χ1v) is 11.0. The first-order chi connectivity index (χ1) is 13.7. The Hall–Kier alpha value is -1.86. The van der Waals surface area contributed by atoms with Gasteiger partial charge in [-0.3, -0.25) is 0 Å². The molecule has 0 bridgehead atoms.